The maximum absolute atomic E-state index is 10.7. The molecule has 0 amide bonds. The molecule has 2 aromatic carbocycles. The van der Waals surface area contributed by atoms with Gasteiger partial charge in [-0.2, -0.15) is 0 Å². The fraction of sp³-hybridized carbons (Fsp3) is 0.0667. The molecule has 1 aromatic heterocycles. The largest absolute Gasteiger partial charge is 0.356 e. The molecule has 0 aliphatic heterocycles. The molecule has 0 bridgehead atoms. The van der Waals surface area contributed by atoms with Gasteiger partial charge in [0.15, 0.2) is 5.58 Å². The number of nitrogens with zero attached hydrogens (tertiary/aromatic N) is 1. The van der Waals surface area contributed by atoms with Crippen molar-refractivity contribution in [1.29, 1.82) is 0 Å². The monoisotopic (exact) mass is 237 g/mol. The number of rotatable bonds is 3. The normalized spacial score (nSPS) is 10.7. The number of fused-ring (bicyclic) bond motifs is 1. The molecule has 3 nitrogen and oxygen atoms in total. The molecule has 0 saturated carbocycles. The summed E-state index contributed by atoms with van der Waals surface area (Å²) in [6.45, 7) is 0. The lowest BCUT2D eigenvalue weighted by Crippen LogP contribution is -1.91. The van der Waals surface area contributed by atoms with Crippen LogP contribution in [0.3, 0.4) is 0 Å². The van der Waals surface area contributed by atoms with Crippen LogP contribution in [0.25, 0.3) is 22.2 Å². The third-order valence-electron chi connectivity index (χ3n) is 2.95. The minimum absolute atomic E-state index is 0.386. The second-order valence-corrected chi connectivity index (χ2v) is 4.06. The van der Waals surface area contributed by atoms with Crippen molar-refractivity contribution in [3.05, 3.63) is 54.1 Å². The summed E-state index contributed by atoms with van der Waals surface area (Å²) < 4.78 is 5.30. The minimum Gasteiger partial charge on any atom is -0.356 e. The Morgan fingerprint density at radius 2 is 1.83 bits per heavy atom. The first-order valence-corrected chi connectivity index (χ1v) is 5.76. The lowest BCUT2D eigenvalue weighted by Gasteiger charge is -2.03. The first-order chi connectivity index (χ1) is 8.90. The van der Waals surface area contributed by atoms with Gasteiger partial charge in [0, 0.05) is 17.4 Å². The lowest BCUT2D eigenvalue weighted by atomic mass is 10.0. The zero-order valence-electron chi connectivity index (χ0n) is 9.67. The van der Waals surface area contributed by atoms with Crippen molar-refractivity contribution in [2.45, 2.75) is 6.42 Å². The van der Waals surface area contributed by atoms with Gasteiger partial charge in [0.2, 0.25) is 0 Å². The molecule has 0 aliphatic rings. The van der Waals surface area contributed by atoms with Gasteiger partial charge in [-0.3, -0.25) is 0 Å². The Hall–Kier alpha value is -2.42. The molecule has 3 heteroatoms. The highest BCUT2D eigenvalue weighted by atomic mass is 16.5. The van der Waals surface area contributed by atoms with E-state index in [1.807, 2.05) is 48.5 Å². The Labute approximate surface area is 104 Å². The van der Waals surface area contributed by atoms with Crippen LogP contribution in [0.15, 0.2) is 53.1 Å². The van der Waals surface area contributed by atoms with Gasteiger partial charge < -0.3 is 9.32 Å². The summed E-state index contributed by atoms with van der Waals surface area (Å²) >= 11 is 0. The van der Waals surface area contributed by atoms with Crippen LogP contribution in [0, 0.1) is 0 Å². The van der Waals surface area contributed by atoms with E-state index in [1.165, 1.54) is 0 Å². The average Bonchev–Trinajstić information content (AvgIpc) is 2.84. The molecular weight excluding hydrogens is 226 g/mol. The molecule has 0 N–H and O–H groups in total. The van der Waals surface area contributed by atoms with Crippen LogP contribution in [0.4, 0.5) is 0 Å². The van der Waals surface area contributed by atoms with Gasteiger partial charge in [0.1, 0.15) is 12.0 Å². The van der Waals surface area contributed by atoms with E-state index >= 15 is 0 Å². The third kappa shape index (κ3) is 1.70. The molecule has 0 aliphatic carbocycles. The van der Waals surface area contributed by atoms with Crippen molar-refractivity contribution in [3.8, 4) is 11.3 Å². The standard InChI is InChI=1S/C15H11NO2/c17-10-9-11-5-1-2-6-12(11)15-13-7-3-4-8-14(13)18-16-15/h1-8,10H,9H2. The van der Waals surface area contributed by atoms with Crippen LogP contribution in [0.2, 0.25) is 0 Å². The van der Waals surface area contributed by atoms with Gasteiger partial charge in [0.25, 0.3) is 0 Å². The molecule has 18 heavy (non-hydrogen) atoms. The second-order valence-electron chi connectivity index (χ2n) is 4.06. The Kier molecular flexibility index (Phi) is 2.65. The van der Waals surface area contributed by atoms with E-state index in [9.17, 15) is 4.79 Å². The molecule has 0 fully saturated rings. The number of carbonyl (C=O) groups excluding carboxylic acids is 1. The second kappa shape index (κ2) is 4.45. The summed E-state index contributed by atoms with van der Waals surface area (Å²) in [5, 5.41) is 5.09. The van der Waals surface area contributed by atoms with E-state index in [1.54, 1.807) is 0 Å². The summed E-state index contributed by atoms with van der Waals surface area (Å²) in [5.74, 6) is 0. The number of aromatic nitrogens is 1. The minimum atomic E-state index is 0.386. The smallest absolute Gasteiger partial charge is 0.167 e. The van der Waals surface area contributed by atoms with Crippen molar-refractivity contribution in [2.75, 3.05) is 0 Å². The van der Waals surface area contributed by atoms with E-state index in [-0.39, 0.29) is 0 Å². The highest BCUT2D eigenvalue weighted by Gasteiger charge is 2.12. The first kappa shape index (κ1) is 10.7. The van der Waals surface area contributed by atoms with Gasteiger partial charge in [-0.1, -0.05) is 41.6 Å². The van der Waals surface area contributed by atoms with Crippen LogP contribution in [0.1, 0.15) is 5.56 Å². The van der Waals surface area contributed by atoms with Gasteiger partial charge in [0.05, 0.1) is 0 Å². The van der Waals surface area contributed by atoms with Gasteiger partial charge in [-0.15, -0.1) is 0 Å². The zero-order valence-corrected chi connectivity index (χ0v) is 9.67. The Bertz CT molecular complexity index is 700. The van der Waals surface area contributed by atoms with Gasteiger partial charge in [-0.25, -0.2) is 0 Å². The maximum atomic E-state index is 10.7. The van der Waals surface area contributed by atoms with Crippen LogP contribution >= 0.6 is 0 Å². The highest BCUT2D eigenvalue weighted by Crippen LogP contribution is 2.30. The highest BCUT2D eigenvalue weighted by molar-refractivity contribution is 5.92. The van der Waals surface area contributed by atoms with E-state index in [4.69, 9.17) is 4.52 Å². The fourth-order valence-corrected chi connectivity index (χ4v) is 2.10. The quantitative estimate of drug-likeness (QED) is 0.657. The molecule has 3 rings (SSSR count). The van der Waals surface area contributed by atoms with Crippen molar-refractivity contribution >= 4 is 17.3 Å². The van der Waals surface area contributed by atoms with Crippen LogP contribution in [0.5, 0.6) is 0 Å². The number of hydrogen-bond donors (Lipinski definition) is 0. The van der Waals surface area contributed by atoms with Crippen LogP contribution in [-0.2, 0) is 11.2 Å². The number of hydrogen-bond acceptors (Lipinski definition) is 3. The summed E-state index contributed by atoms with van der Waals surface area (Å²) in [4.78, 5) is 10.7. The van der Waals surface area contributed by atoms with E-state index in [0.29, 0.717) is 6.42 Å². The van der Waals surface area contributed by atoms with Crippen molar-refractivity contribution < 1.29 is 9.32 Å². The lowest BCUT2D eigenvalue weighted by molar-refractivity contribution is -0.107. The topological polar surface area (TPSA) is 43.1 Å². The number of carbonyl (C=O) groups is 1. The zero-order chi connectivity index (χ0) is 12.4. The predicted octanol–water partition coefficient (Wildman–Crippen LogP) is 3.24. The van der Waals surface area contributed by atoms with Gasteiger partial charge >= 0.3 is 0 Å². The van der Waals surface area contributed by atoms with Crippen molar-refractivity contribution in [2.24, 2.45) is 0 Å². The summed E-state index contributed by atoms with van der Waals surface area (Å²) in [6, 6.07) is 15.5. The molecule has 0 radical (unpaired) electrons. The van der Waals surface area contributed by atoms with Crippen LogP contribution < -0.4 is 0 Å². The Morgan fingerprint density at radius 1 is 1.06 bits per heavy atom. The van der Waals surface area contributed by atoms with E-state index in [0.717, 1.165) is 34.1 Å². The average molecular weight is 237 g/mol. The van der Waals surface area contributed by atoms with Gasteiger partial charge in [-0.05, 0) is 17.7 Å². The van der Waals surface area contributed by atoms with Crippen molar-refractivity contribution in [1.82, 2.24) is 5.16 Å². The number of para-hydroxylation sites is 1. The number of benzene rings is 2. The van der Waals surface area contributed by atoms with Crippen molar-refractivity contribution in [3.63, 3.8) is 0 Å². The summed E-state index contributed by atoms with van der Waals surface area (Å²) in [6.07, 6.45) is 1.29. The molecule has 0 saturated heterocycles. The summed E-state index contributed by atoms with van der Waals surface area (Å²) in [7, 11) is 0. The molecule has 0 unspecified atom stereocenters. The van der Waals surface area contributed by atoms with E-state index < -0.39 is 0 Å². The first-order valence-electron chi connectivity index (χ1n) is 5.76. The molecular formula is C15H11NO2. The molecule has 0 atom stereocenters. The fourth-order valence-electron chi connectivity index (χ4n) is 2.10. The molecule has 3 aromatic rings. The van der Waals surface area contributed by atoms with Crippen LogP contribution in [-0.4, -0.2) is 11.4 Å². The molecule has 1 heterocycles. The SMILES string of the molecule is O=CCc1ccccc1-c1noc2ccccc12. The maximum Gasteiger partial charge on any atom is 0.167 e. The molecule has 88 valence electrons. The number of aldehydes is 1. The van der Waals surface area contributed by atoms with E-state index in [2.05, 4.69) is 5.16 Å². The summed E-state index contributed by atoms with van der Waals surface area (Å²) in [5.41, 5.74) is 3.47. The molecule has 0 spiro atoms. The Morgan fingerprint density at radius 3 is 2.72 bits per heavy atom. The Balaban J connectivity index is 2.23. The predicted molar refractivity (Wildman–Crippen MR) is 69.2 cm³/mol. The third-order valence-corrected chi connectivity index (χ3v) is 2.95.